The Hall–Kier alpha value is 1.27. The molecule has 0 spiro atoms. The van der Waals surface area contributed by atoms with Gasteiger partial charge >= 0.3 is 51.2 Å². The van der Waals surface area contributed by atoms with E-state index in [0.717, 1.165) is 0 Å². The van der Waals surface area contributed by atoms with Crippen LogP contribution in [0.4, 0.5) is 0 Å². The molecule has 0 saturated carbocycles. The molecule has 36 valence electrons. The third-order valence-corrected chi connectivity index (χ3v) is 13.2. The topological polar surface area (TPSA) is 0 Å². The molecule has 0 N–H and O–H groups in total. The van der Waals surface area contributed by atoms with Crippen LogP contribution in [0, 0.1) is 0 Å². The van der Waals surface area contributed by atoms with Gasteiger partial charge in [0.25, 0.3) is 0 Å². The van der Waals surface area contributed by atoms with Crippen molar-refractivity contribution in [1.29, 1.82) is 0 Å². The molecule has 0 rings (SSSR count). The molecule has 0 aromatic rings. The third kappa shape index (κ3) is 5.27. The second-order valence-corrected chi connectivity index (χ2v) is 22.7. The van der Waals surface area contributed by atoms with Gasteiger partial charge < -0.3 is 0 Å². The van der Waals surface area contributed by atoms with Gasteiger partial charge in [0, 0.05) is 0 Å². The minimum absolute atomic E-state index is 0.895. The van der Waals surface area contributed by atoms with Crippen molar-refractivity contribution in [1.82, 2.24) is 0 Å². The Balaban J connectivity index is 2.63. The molecular formula is C4H11STl. The SMILES string of the molecule is CC[S][Tl]([CH3])[CH3]. The van der Waals surface area contributed by atoms with Crippen molar-refractivity contribution in [2.75, 3.05) is 5.75 Å². The Morgan fingerprint density at radius 1 is 1.50 bits per heavy atom. The van der Waals surface area contributed by atoms with E-state index in [1.165, 1.54) is 5.75 Å². The first kappa shape index (κ1) is 7.27. The van der Waals surface area contributed by atoms with E-state index < -0.39 is 21.2 Å². The van der Waals surface area contributed by atoms with E-state index >= 15 is 0 Å². The second-order valence-electron chi connectivity index (χ2n) is 1.50. The zero-order chi connectivity index (χ0) is 4.99. The average molecular weight is 296 g/mol. The van der Waals surface area contributed by atoms with Crippen molar-refractivity contribution in [3.63, 3.8) is 0 Å². The van der Waals surface area contributed by atoms with E-state index in [0.29, 0.717) is 0 Å². The molecule has 6 heavy (non-hydrogen) atoms. The molecule has 2 heteroatoms. The molecule has 0 radical (unpaired) electrons. The molecule has 0 aliphatic rings. The van der Waals surface area contributed by atoms with Gasteiger partial charge in [0.2, 0.25) is 0 Å². The zero-order valence-corrected chi connectivity index (χ0v) is 10.00. The number of rotatable bonds is 2. The van der Waals surface area contributed by atoms with Gasteiger partial charge in [0.1, 0.15) is 0 Å². The van der Waals surface area contributed by atoms with Gasteiger partial charge in [0.05, 0.1) is 0 Å². The van der Waals surface area contributed by atoms with E-state index in [1.54, 1.807) is 0 Å². The molecule has 0 unspecified atom stereocenters. The van der Waals surface area contributed by atoms with E-state index in [-0.39, 0.29) is 0 Å². The van der Waals surface area contributed by atoms with Gasteiger partial charge in [-0.15, -0.1) is 0 Å². The molecule has 0 nitrogen and oxygen atoms in total. The van der Waals surface area contributed by atoms with Crippen molar-refractivity contribution >= 4 is 29.5 Å². The second kappa shape index (κ2) is 4.43. The Morgan fingerprint density at radius 3 is 2.00 bits per heavy atom. The molecule has 0 aromatic carbocycles. The Bertz CT molecular complexity index is 28.7. The summed E-state index contributed by atoms with van der Waals surface area (Å²) in [7, 11) is 2.21. The van der Waals surface area contributed by atoms with Gasteiger partial charge in [-0.3, -0.25) is 0 Å². The molecule has 0 aliphatic carbocycles. The van der Waals surface area contributed by atoms with Crippen LogP contribution in [0.3, 0.4) is 0 Å². The first-order valence-corrected chi connectivity index (χ1v) is 17.9. The van der Waals surface area contributed by atoms with Crippen LogP contribution in [0.5, 0.6) is 0 Å². The molecule has 0 saturated heterocycles. The average Bonchev–Trinajstić information content (AvgIpc) is 1.35. The summed E-state index contributed by atoms with van der Waals surface area (Å²) in [6, 6.07) is 0. The molecule has 0 bridgehead atoms. The predicted molar refractivity (Wildman–Crippen MR) is 35.6 cm³/mol. The van der Waals surface area contributed by atoms with Crippen molar-refractivity contribution in [2.24, 2.45) is 0 Å². The molecular weight excluding hydrogens is 284 g/mol. The van der Waals surface area contributed by atoms with Crippen molar-refractivity contribution in [3.05, 3.63) is 0 Å². The standard InChI is InChI=1S/C2H6S.2CH3.Tl/c1-2-3;;;/h3H,2H2,1H3;2*1H3;/q;;;+1/p-1. The first-order chi connectivity index (χ1) is 2.77. The Morgan fingerprint density at radius 2 is 2.00 bits per heavy atom. The molecule has 0 aliphatic heterocycles. The predicted octanol–water partition coefficient (Wildman–Crippen LogP) is 1.99. The maximum atomic E-state index is 2.44. The van der Waals surface area contributed by atoms with Gasteiger partial charge in [-0.2, -0.15) is 0 Å². The van der Waals surface area contributed by atoms with E-state index in [1.807, 2.05) is 0 Å². The van der Waals surface area contributed by atoms with Gasteiger partial charge in [-0.1, -0.05) is 0 Å². The van der Waals surface area contributed by atoms with Crippen molar-refractivity contribution in [3.8, 4) is 0 Å². The quantitative estimate of drug-likeness (QED) is 0.702. The summed E-state index contributed by atoms with van der Waals surface area (Å²) in [5.74, 6) is 1.35. The summed E-state index contributed by atoms with van der Waals surface area (Å²) in [4.78, 5) is 0. The fraction of sp³-hybridized carbons (Fsp3) is 1.00. The summed E-state index contributed by atoms with van der Waals surface area (Å²) in [6.07, 6.45) is 0. The van der Waals surface area contributed by atoms with Crippen LogP contribution in [-0.2, 0) is 0 Å². The normalized spacial score (nSPS) is 8.50. The summed E-state index contributed by atoms with van der Waals surface area (Å²) < 4.78 is 4.88. The minimum atomic E-state index is -0.895. The number of hydrogen-bond donors (Lipinski definition) is 0. The van der Waals surface area contributed by atoms with Crippen LogP contribution < -0.4 is 0 Å². The van der Waals surface area contributed by atoms with Crippen LogP contribution in [0.2, 0.25) is 8.97 Å². The van der Waals surface area contributed by atoms with Crippen LogP contribution >= 0.6 is 8.31 Å². The van der Waals surface area contributed by atoms with Crippen molar-refractivity contribution in [2.45, 2.75) is 15.9 Å². The van der Waals surface area contributed by atoms with E-state index in [9.17, 15) is 0 Å². The van der Waals surface area contributed by atoms with Gasteiger partial charge in [-0.05, 0) is 0 Å². The Kier molecular flexibility index (Phi) is 5.37. The maximum absolute atomic E-state index is 2.44. The third-order valence-electron chi connectivity index (χ3n) is 0.500. The van der Waals surface area contributed by atoms with Crippen LogP contribution in [0.25, 0.3) is 0 Å². The van der Waals surface area contributed by atoms with E-state index in [2.05, 4.69) is 24.2 Å². The molecule has 0 atom stereocenters. The summed E-state index contributed by atoms with van der Waals surface area (Å²) in [6.45, 7) is 2.24. The van der Waals surface area contributed by atoms with Crippen LogP contribution in [-0.4, -0.2) is 27.0 Å². The monoisotopic (exact) mass is 296 g/mol. The summed E-state index contributed by atoms with van der Waals surface area (Å²) in [5, 5.41) is 0. The summed E-state index contributed by atoms with van der Waals surface area (Å²) in [5.41, 5.74) is 0. The molecule has 0 heterocycles. The fourth-order valence-corrected chi connectivity index (χ4v) is 8.77. The van der Waals surface area contributed by atoms with Crippen molar-refractivity contribution < 1.29 is 0 Å². The van der Waals surface area contributed by atoms with Crippen LogP contribution in [0.15, 0.2) is 0 Å². The molecule has 0 aromatic heterocycles. The Labute approximate surface area is 51.0 Å². The zero-order valence-electron chi connectivity index (χ0n) is 4.69. The molecule has 0 fully saturated rings. The van der Waals surface area contributed by atoms with Gasteiger partial charge in [-0.25, -0.2) is 0 Å². The molecule has 0 amide bonds. The van der Waals surface area contributed by atoms with E-state index in [4.69, 9.17) is 0 Å². The first-order valence-electron chi connectivity index (χ1n) is 2.39. The summed E-state index contributed by atoms with van der Waals surface area (Å²) >= 11 is -0.895. The number of hydrogen-bond acceptors (Lipinski definition) is 1. The van der Waals surface area contributed by atoms with Crippen LogP contribution in [0.1, 0.15) is 6.92 Å². The van der Waals surface area contributed by atoms with Gasteiger partial charge in [0.15, 0.2) is 0 Å². The fourth-order valence-electron chi connectivity index (χ4n) is 0.333.